The number of aromatic nitrogens is 2. The van der Waals surface area contributed by atoms with Crippen molar-refractivity contribution in [3.63, 3.8) is 0 Å². The number of fused-ring (bicyclic) bond motifs is 1. The Bertz CT molecular complexity index is 1580. The van der Waals surface area contributed by atoms with E-state index in [0.717, 1.165) is 5.56 Å². The zero-order valence-electron chi connectivity index (χ0n) is 21.1. The van der Waals surface area contributed by atoms with Crippen molar-refractivity contribution in [2.24, 2.45) is 0 Å². The van der Waals surface area contributed by atoms with Gasteiger partial charge in [0.15, 0.2) is 5.88 Å². The number of carbonyl (C=O) groups is 1. The number of pyridine rings is 1. The molecule has 1 aliphatic heterocycles. The molecule has 1 amide bonds. The summed E-state index contributed by atoms with van der Waals surface area (Å²) in [6, 6.07) is 15.6. The molecular formula is C27H29N5O5S. The first kappa shape index (κ1) is 25.7. The van der Waals surface area contributed by atoms with E-state index >= 15 is 0 Å². The Kier molecular flexibility index (Phi) is 7.06. The number of benzene rings is 2. The minimum atomic E-state index is -3.66. The summed E-state index contributed by atoms with van der Waals surface area (Å²) >= 11 is 0. The Morgan fingerprint density at radius 3 is 2.61 bits per heavy atom. The van der Waals surface area contributed by atoms with Crippen LogP contribution in [0.5, 0.6) is 11.6 Å². The lowest BCUT2D eigenvalue weighted by atomic mass is 10.1. The van der Waals surface area contributed by atoms with Gasteiger partial charge in [-0.05, 0) is 55.1 Å². The van der Waals surface area contributed by atoms with Crippen LogP contribution in [0.3, 0.4) is 0 Å². The molecule has 2 aromatic carbocycles. The van der Waals surface area contributed by atoms with Gasteiger partial charge >= 0.3 is 0 Å². The molecule has 0 atom stereocenters. The first-order valence-corrected chi connectivity index (χ1v) is 13.6. The Balaban J connectivity index is 1.38. The number of ether oxygens (including phenoxy) is 1. The van der Waals surface area contributed by atoms with Crippen LogP contribution in [-0.4, -0.2) is 78.9 Å². The van der Waals surface area contributed by atoms with Crippen molar-refractivity contribution in [3.8, 4) is 22.9 Å². The zero-order chi connectivity index (χ0) is 26.9. The number of nitrogens with one attached hydrogen (secondary N) is 2. The monoisotopic (exact) mass is 535 g/mol. The van der Waals surface area contributed by atoms with E-state index in [1.54, 1.807) is 31.4 Å². The van der Waals surface area contributed by atoms with Crippen molar-refractivity contribution in [2.75, 3.05) is 40.3 Å². The second-order valence-electron chi connectivity index (χ2n) is 9.23. The number of sulfonamides is 1. The number of H-pyrrole nitrogens is 1. The fourth-order valence-electron chi connectivity index (χ4n) is 4.50. The largest absolute Gasteiger partial charge is 0.497 e. The van der Waals surface area contributed by atoms with Crippen LogP contribution in [0, 0.1) is 0 Å². The molecule has 1 saturated heterocycles. The third kappa shape index (κ3) is 5.08. The second-order valence-corrected chi connectivity index (χ2v) is 11.2. The summed E-state index contributed by atoms with van der Waals surface area (Å²) in [4.78, 5) is 22.3. The molecule has 1 aliphatic rings. The summed E-state index contributed by atoms with van der Waals surface area (Å²) in [6.07, 6.45) is 1.31. The van der Waals surface area contributed by atoms with Gasteiger partial charge in [0.2, 0.25) is 10.0 Å². The Morgan fingerprint density at radius 2 is 1.89 bits per heavy atom. The first-order valence-electron chi connectivity index (χ1n) is 12.2. The molecule has 5 rings (SSSR count). The number of methoxy groups -OCH3 is 1. The molecule has 0 unspecified atom stereocenters. The number of rotatable bonds is 7. The van der Waals surface area contributed by atoms with Gasteiger partial charge in [-0.25, -0.2) is 8.42 Å². The molecule has 0 saturated carbocycles. The lowest BCUT2D eigenvalue weighted by Crippen LogP contribution is -2.47. The summed E-state index contributed by atoms with van der Waals surface area (Å²) in [5, 5.41) is 14.1. The molecule has 1 fully saturated rings. The molecule has 10 nitrogen and oxygen atoms in total. The molecule has 198 valence electrons. The number of hydrogen-bond acceptors (Lipinski definition) is 7. The summed E-state index contributed by atoms with van der Waals surface area (Å²) in [6.45, 7) is 2.51. The number of piperazine rings is 1. The van der Waals surface area contributed by atoms with Gasteiger partial charge in [0.05, 0.1) is 18.4 Å². The fourth-order valence-corrected chi connectivity index (χ4v) is 5.87. The first-order chi connectivity index (χ1) is 18.3. The van der Waals surface area contributed by atoms with Crippen LogP contribution in [0.4, 0.5) is 0 Å². The van der Waals surface area contributed by atoms with Gasteiger partial charge in [-0.3, -0.25) is 9.78 Å². The van der Waals surface area contributed by atoms with Gasteiger partial charge in [-0.15, -0.1) is 0 Å². The van der Waals surface area contributed by atoms with Gasteiger partial charge in [0.25, 0.3) is 5.91 Å². The number of hydrogen-bond donors (Lipinski definition) is 3. The number of likely N-dealkylation sites (N-methyl/N-ethyl adjacent to an activating group) is 1. The summed E-state index contributed by atoms with van der Waals surface area (Å²) in [7, 11) is -0.111. The third-order valence-corrected chi connectivity index (χ3v) is 8.60. The van der Waals surface area contributed by atoms with E-state index in [1.807, 2.05) is 31.3 Å². The van der Waals surface area contributed by atoms with E-state index in [4.69, 9.17) is 4.74 Å². The molecule has 2 aromatic heterocycles. The summed E-state index contributed by atoms with van der Waals surface area (Å²) < 4.78 is 32.8. The van der Waals surface area contributed by atoms with E-state index in [-0.39, 0.29) is 16.7 Å². The maximum atomic E-state index is 13.1. The average molecular weight is 536 g/mol. The Labute approximate surface area is 220 Å². The lowest BCUT2D eigenvalue weighted by molar-refractivity contribution is 0.0951. The van der Waals surface area contributed by atoms with Crippen LogP contribution in [0.25, 0.3) is 22.2 Å². The number of aromatic hydroxyl groups is 1. The van der Waals surface area contributed by atoms with E-state index in [0.29, 0.717) is 66.2 Å². The minimum Gasteiger partial charge on any atom is -0.497 e. The number of aromatic amines is 1. The van der Waals surface area contributed by atoms with Crippen molar-refractivity contribution in [1.82, 2.24) is 24.5 Å². The topological polar surface area (TPSA) is 128 Å². The molecule has 11 heteroatoms. The van der Waals surface area contributed by atoms with Gasteiger partial charge in [0.1, 0.15) is 10.6 Å². The number of amides is 1. The van der Waals surface area contributed by atoms with E-state index in [2.05, 4.69) is 20.2 Å². The highest BCUT2D eigenvalue weighted by atomic mass is 32.2. The van der Waals surface area contributed by atoms with Crippen LogP contribution in [0.1, 0.15) is 15.9 Å². The van der Waals surface area contributed by atoms with Crippen LogP contribution >= 0.6 is 0 Å². The summed E-state index contributed by atoms with van der Waals surface area (Å²) in [5.41, 5.74) is 2.72. The summed E-state index contributed by atoms with van der Waals surface area (Å²) in [5.74, 6) is 0.319. The van der Waals surface area contributed by atoms with Crippen molar-refractivity contribution in [1.29, 1.82) is 0 Å². The number of nitrogens with zero attached hydrogens (tertiary/aromatic N) is 3. The van der Waals surface area contributed by atoms with Gasteiger partial charge in [-0.2, -0.15) is 4.31 Å². The molecule has 4 aromatic rings. The molecule has 0 bridgehead atoms. The Hall–Kier alpha value is -3.93. The van der Waals surface area contributed by atoms with E-state index < -0.39 is 10.0 Å². The van der Waals surface area contributed by atoms with E-state index in [9.17, 15) is 18.3 Å². The number of carbonyl (C=O) groups excluding carboxylic acids is 1. The molecule has 0 radical (unpaired) electrons. The van der Waals surface area contributed by atoms with Gasteiger partial charge in [-0.1, -0.05) is 12.1 Å². The molecule has 0 aliphatic carbocycles. The highest BCUT2D eigenvalue weighted by Gasteiger charge is 2.28. The molecule has 3 heterocycles. The van der Waals surface area contributed by atoms with Crippen molar-refractivity contribution in [2.45, 2.75) is 11.4 Å². The highest BCUT2D eigenvalue weighted by molar-refractivity contribution is 7.89. The predicted molar refractivity (Wildman–Crippen MR) is 144 cm³/mol. The third-order valence-electron chi connectivity index (χ3n) is 6.72. The minimum absolute atomic E-state index is 0.0998. The van der Waals surface area contributed by atoms with Crippen molar-refractivity contribution in [3.05, 3.63) is 71.9 Å². The Morgan fingerprint density at radius 1 is 1.11 bits per heavy atom. The van der Waals surface area contributed by atoms with Crippen molar-refractivity contribution < 1.29 is 23.1 Å². The smallest absolute Gasteiger partial charge is 0.251 e. The maximum absolute atomic E-state index is 13.1. The molecule has 3 N–H and O–H groups in total. The van der Waals surface area contributed by atoms with Crippen LogP contribution < -0.4 is 10.1 Å². The van der Waals surface area contributed by atoms with E-state index in [1.165, 1.54) is 16.6 Å². The van der Waals surface area contributed by atoms with Gasteiger partial charge < -0.3 is 25.0 Å². The fraction of sp³-hybridized carbons (Fsp3) is 0.259. The maximum Gasteiger partial charge on any atom is 0.251 e. The normalized spacial score (nSPS) is 15.0. The zero-order valence-corrected chi connectivity index (χ0v) is 22.0. The molecule has 38 heavy (non-hydrogen) atoms. The standard InChI is InChI=1S/C27H29N5O5S/c1-31-10-12-32(13-11-31)38(35,36)21-7-9-24(28-17-21)25-22-15-19(6-8-23(22)30-27(25)34)26(33)29-16-18-4-3-5-20(14-18)37-2/h3-9,14-15,17,30,34H,10-13,16H2,1-2H3,(H,29,33). The predicted octanol–water partition coefficient (Wildman–Crippen LogP) is 2.81. The van der Waals surface area contributed by atoms with Gasteiger partial charge in [0, 0.05) is 55.4 Å². The van der Waals surface area contributed by atoms with Crippen LogP contribution in [0.2, 0.25) is 0 Å². The quantitative estimate of drug-likeness (QED) is 0.332. The highest BCUT2D eigenvalue weighted by Crippen LogP contribution is 2.36. The van der Waals surface area contributed by atoms with Crippen molar-refractivity contribution >= 4 is 26.8 Å². The van der Waals surface area contributed by atoms with Crippen LogP contribution in [0.15, 0.2) is 65.7 Å². The average Bonchev–Trinajstić information content (AvgIpc) is 3.27. The second kappa shape index (κ2) is 10.4. The molecule has 0 spiro atoms. The SMILES string of the molecule is COc1cccc(CNC(=O)c2ccc3[nH]c(O)c(-c4ccc(S(=O)(=O)N5CCN(C)CC5)cn4)c3c2)c1. The van der Waals surface area contributed by atoms with Crippen LogP contribution in [-0.2, 0) is 16.6 Å². The lowest BCUT2D eigenvalue weighted by Gasteiger charge is -2.31. The molecular weight excluding hydrogens is 506 g/mol.